The van der Waals surface area contributed by atoms with Gasteiger partial charge in [-0.1, -0.05) is 29.8 Å². The summed E-state index contributed by atoms with van der Waals surface area (Å²) in [7, 11) is 0. The molecule has 1 amide bonds. The van der Waals surface area contributed by atoms with Gasteiger partial charge in [-0.3, -0.25) is 4.79 Å². The van der Waals surface area contributed by atoms with Crippen LogP contribution in [0.5, 0.6) is 0 Å². The first-order valence-corrected chi connectivity index (χ1v) is 6.25. The number of rotatable bonds is 7. The molecule has 0 saturated carbocycles. The number of aliphatic hydroxyl groups is 1. The standard InChI is InChI=1S/C14H22N2O2/c1-10-4-3-5-12(8-10)7-6-11(2)16-9-13(17)14(15)18/h3-5,8,11,13,16-17H,6-7,9H2,1-2H3,(H2,15,18). The van der Waals surface area contributed by atoms with Crippen LogP contribution in [0.1, 0.15) is 24.5 Å². The second-order valence-electron chi connectivity index (χ2n) is 4.76. The average Bonchev–Trinajstić information content (AvgIpc) is 2.33. The van der Waals surface area contributed by atoms with Gasteiger partial charge in [0.1, 0.15) is 6.10 Å². The Morgan fingerprint density at radius 3 is 2.83 bits per heavy atom. The maximum Gasteiger partial charge on any atom is 0.247 e. The summed E-state index contributed by atoms with van der Waals surface area (Å²) in [6.45, 7) is 4.32. The van der Waals surface area contributed by atoms with Gasteiger partial charge in [-0.2, -0.15) is 0 Å². The fourth-order valence-electron chi connectivity index (χ4n) is 1.77. The lowest BCUT2D eigenvalue weighted by Crippen LogP contribution is -2.40. The minimum absolute atomic E-state index is 0.213. The highest BCUT2D eigenvalue weighted by atomic mass is 16.3. The Balaban J connectivity index is 2.29. The smallest absolute Gasteiger partial charge is 0.247 e. The van der Waals surface area contributed by atoms with E-state index in [0.29, 0.717) is 0 Å². The quantitative estimate of drug-likeness (QED) is 0.668. The van der Waals surface area contributed by atoms with Crippen LogP contribution in [0.3, 0.4) is 0 Å². The molecule has 0 bridgehead atoms. The largest absolute Gasteiger partial charge is 0.382 e. The highest BCUT2D eigenvalue weighted by Crippen LogP contribution is 2.08. The van der Waals surface area contributed by atoms with Gasteiger partial charge in [0.25, 0.3) is 0 Å². The van der Waals surface area contributed by atoms with Gasteiger partial charge < -0.3 is 16.2 Å². The normalized spacial score (nSPS) is 14.2. The lowest BCUT2D eigenvalue weighted by molar-refractivity contribution is -0.125. The van der Waals surface area contributed by atoms with Crippen LogP contribution in [-0.2, 0) is 11.2 Å². The first kappa shape index (κ1) is 14.7. The zero-order valence-corrected chi connectivity index (χ0v) is 11.0. The van der Waals surface area contributed by atoms with Gasteiger partial charge in [0, 0.05) is 12.6 Å². The number of primary amides is 1. The molecule has 2 unspecified atom stereocenters. The summed E-state index contributed by atoms with van der Waals surface area (Å²) in [4.78, 5) is 10.7. The molecule has 4 heteroatoms. The number of hydrogen-bond donors (Lipinski definition) is 3. The van der Waals surface area contributed by atoms with Gasteiger partial charge in [0.15, 0.2) is 0 Å². The highest BCUT2D eigenvalue weighted by molar-refractivity contribution is 5.78. The molecule has 1 rings (SSSR count). The molecule has 1 aromatic rings. The summed E-state index contributed by atoms with van der Waals surface area (Å²) in [5.41, 5.74) is 7.54. The second kappa shape index (κ2) is 7.13. The van der Waals surface area contributed by atoms with Gasteiger partial charge in [0.2, 0.25) is 5.91 Å². The van der Waals surface area contributed by atoms with E-state index >= 15 is 0 Å². The minimum Gasteiger partial charge on any atom is -0.382 e. The minimum atomic E-state index is -1.11. The number of carbonyl (C=O) groups excluding carboxylic acids is 1. The summed E-state index contributed by atoms with van der Waals surface area (Å²) in [6.07, 6.45) is 0.823. The molecule has 0 saturated heterocycles. The molecule has 0 aliphatic rings. The van der Waals surface area contributed by atoms with Crippen molar-refractivity contribution in [3.05, 3.63) is 35.4 Å². The molecule has 100 valence electrons. The van der Waals surface area contributed by atoms with Crippen molar-refractivity contribution in [3.63, 3.8) is 0 Å². The molecule has 0 radical (unpaired) electrons. The van der Waals surface area contributed by atoms with Crippen molar-refractivity contribution in [1.29, 1.82) is 0 Å². The molecule has 0 aromatic heterocycles. The molecule has 1 aromatic carbocycles. The number of amides is 1. The van der Waals surface area contributed by atoms with Crippen molar-refractivity contribution in [2.75, 3.05) is 6.54 Å². The molecule has 4 N–H and O–H groups in total. The summed E-state index contributed by atoms with van der Waals surface area (Å²) in [5.74, 6) is -0.687. The van der Waals surface area contributed by atoms with Crippen LogP contribution in [0.15, 0.2) is 24.3 Å². The first-order valence-electron chi connectivity index (χ1n) is 6.25. The summed E-state index contributed by atoms with van der Waals surface area (Å²) in [6, 6.07) is 8.65. The number of aliphatic hydroxyl groups excluding tert-OH is 1. The van der Waals surface area contributed by atoms with Gasteiger partial charge in [-0.15, -0.1) is 0 Å². The average molecular weight is 250 g/mol. The van der Waals surface area contributed by atoms with E-state index in [1.54, 1.807) is 0 Å². The summed E-state index contributed by atoms with van der Waals surface area (Å²) in [5, 5.41) is 12.4. The first-order chi connectivity index (χ1) is 8.49. The fraction of sp³-hybridized carbons (Fsp3) is 0.500. The van der Waals surface area contributed by atoms with Gasteiger partial charge in [-0.25, -0.2) is 0 Å². The molecule has 0 fully saturated rings. The fourth-order valence-corrected chi connectivity index (χ4v) is 1.77. The van der Waals surface area contributed by atoms with Crippen molar-refractivity contribution < 1.29 is 9.90 Å². The van der Waals surface area contributed by atoms with E-state index in [1.807, 2.05) is 6.92 Å². The second-order valence-corrected chi connectivity index (χ2v) is 4.76. The Morgan fingerprint density at radius 2 is 2.22 bits per heavy atom. The van der Waals surface area contributed by atoms with Crippen molar-refractivity contribution in [3.8, 4) is 0 Å². The number of aryl methyl sites for hydroxylation is 2. The van der Waals surface area contributed by atoms with E-state index in [9.17, 15) is 9.90 Å². The number of carbonyl (C=O) groups is 1. The maximum atomic E-state index is 10.7. The lowest BCUT2D eigenvalue weighted by Gasteiger charge is -2.15. The molecule has 0 aliphatic carbocycles. The molecule has 2 atom stereocenters. The highest BCUT2D eigenvalue weighted by Gasteiger charge is 2.11. The Kier molecular flexibility index (Phi) is 5.82. The number of nitrogens with one attached hydrogen (secondary N) is 1. The number of nitrogens with two attached hydrogens (primary N) is 1. The predicted octanol–water partition coefficient (Wildman–Crippen LogP) is 0.752. The van der Waals surface area contributed by atoms with Crippen molar-refractivity contribution in [2.45, 2.75) is 38.8 Å². The van der Waals surface area contributed by atoms with Crippen LogP contribution in [0, 0.1) is 6.92 Å². The molecular formula is C14H22N2O2. The monoisotopic (exact) mass is 250 g/mol. The third-order valence-corrected chi connectivity index (χ3v) is 2.94. The summed E-state index contributed by atoms with van der Waals surface area (Å²) >= 11 is 0. The van der Waals surface area contributed by atoms with E-state index in [0.717, 1.165) is 12.8 Å². The Labute approximate surface area is 108 Å². The lowest BCUT2D eigenvalue weighted by atomic mass is 10.0. The predicted molar refractivity (Wildman–Crippen MR) is 72.2 cm³/mol. The van der Waals surface area contributed by atoms with Crippen molar-refractivity contribution in [1.82, 2.24) is 5.32 Å². The third kappa shape index (κ3) is 5.29. The van der Waals surface area contributed by atoms with E-state index in [2.05, 4.69) is 36.5 Å². The molecule has 0 aliphatic heterocycles. The van der Waals surface area contributed by atoms with E-state index in [-0.39, 0.29) is 12.6 Å². The molecule has 18 heavy (non-hydrogen) atoms. The van der Waals surface area contributed by atoms with Crippen LogP contribution in [0.25, 0.3) is 0 Å². The number of benzene rings is 1. The number of hydrogen-bond acceptors (Lipinski definition) is 3. The molecule has 0 heterocycles. The van der Waals surface area contributed by atoms with Gasteiger partial charge >= 0.3 is 0 Å². The van der Waals surface area contributed by atoms with Gasteiger partial charge in [-0.05, 0) is 32.3 Å². The van der Waals surface area contributed by atoms with Gasteiger partial charge in [0.05, 0.1) is 0 Å². The zero-order chi connectivity index (χ0) is 13.5. The van der Waals surface area contributed by atoms with E-state index < -0.39 is 12.0 Å². The van der Waals surface area contributed by atoms with Crippen LogP contribution in [0.4, 0.5) is 0 Å². The molecule has 0 spiro atoms. The van der Waals surface area contributed by atoms with E-state index in [1.165, 1.54) is 11.1 Å². The van der Waals surface area contributed by atoms with Crippen LogP contribution in [0.2, 0.25) is 0 Å². The Bertz CT molecular complexity index is 393. The Morgan fingerprint density at radius 1 is 1.50 bits per heavy atom. The maximum absolute atomic E-state index is 10.7. The Hall–Kier alpha value is -1.39. The van der Waals surface area contributed by atoms with Crippen LogP contribution >= 0.6 is 0 Å². The van der Waals surface area contributed by atoms with E-state index in [4.69, 9.17) is 5.73 Å². The molecule has 4 nitrogen and oxygen atoms in total. The van der Waals surface area contributed by atoms with Crippen LogP contribution in [-0.4, -0.2) is 29.7 Å². The van der Waals surface area contributed by atoms with Crippen molar-refractivity contribution in [2.24, 2.45) is 5.73 Å². The van der Waals surface area contributed by atoms with Crippen molar-refractivity contribution >= 4 is 5.91 Å². The zero-order valence-electron chi connectivity index (χ0n) is 11.0. The third-order valence-electron chi connectivity index (χ3n) is 2.94. The topological polar surface area (TPSA) is 75.3 Å². The van der Waals surface area contributed by atoms with Crippen LogP contribution < -0.4 is 11.1 Å². The molecular weight excluding hydrogens is 228 g/mol. The summed E-state index contributed by atoms with van der Waals surface area (Å²) < 4.78 is 0. The SMILES string of the molecule is Cc1cccc(CCC(C)NCC(O)C(N)=O)c1.